The number of benzene rings is 1. The van der Waals surface area contributed by atoms with Crippen LogP contribution < -0.4 is 10.2 Å². The molecule has 0 spiro atoms. The van der Waals surface area contributed by atoms with Crippen molar-refractivity contribution < 1.29 is 22.8 Å². The van der Waals surface area contributed by atoms with Crippen LogP contribution in [0.3, 0.4) is 0 Å². The summed E-state index contributed by atoms with van der Waals surface area (Å²) in [6.45, 7) is 2.62. The summed E-state index contributed by atoms with van der Waals surface area (Å²) in [6, 6.07) is 11.5. The zero-order valence-electron chi connectivity index (χ0n) is 21.7. The van der Waals surface area contributed by atoms with Crippen LogP contribution in [-0.4, -0.2) is 74.5 Å². The number of hydrogen-bond acceptors (Lipinski definition) is 6. The molecule has 4 heterocycles. The van der Waals surface area contributed by atoms with Gasteiger partial charge in [0.1, 0.15) is 18.8 Å². The van der Waals surface area contributed by atoms with Gasteiger partial charge in [0.25, 0.3) is 5.92 Å². The number of anilines is 1. The van der Waals surface area contributed by atoms with Gasteiger partial charge in [-0.05, 0) is 23.1 Å². The number of amides is 2. The third kappa shape index (κ3) is 5.89. The molecule has 2 aromatic heterocycles. The minimum atomic E-state index is -2.77. The maximum Gasteiger partial charge on any atom is 0.282 e. The first-order valence-electron chi connectivity index (χ1n) is 12.9. The molecule has 2 aliphatic rings. The first kappa shape index (κ1) is 26.6. The first-order valence-corrected chi connectivity index (χ1v) is 12.9. The molecule has 0 unspecified atom stereocenters. The Balaban J connectivity index is 1.30. The quantitative estimate of drug-likeness (QED) is 0.471. The minimum absolute atomic E-state index is 0.139. The number of carbonyl (C=O) groups is 2. The molecule has 39 heavy (non-hydrogen) atoms. The molecule has 9 nitrogen and oxygen atoms in total. The van der Waals surface area contributed by atoms with E-state index >= 15 is 0 Å². The van der Waals surface area contributed by atoms with Gasteiger partial charge in [-0.15, -0.1) is 5.10 Å². The number of hydrogen-bond donors (Lipinski definition) is 1. The highest BCUT2D eigenvalue weighted by Gasteiger charge is 2.45. The van der Waals surface area contributed by atoms with Gasteiger partial charge in [-0.1, -0.05) is 50.2 Å². The monoisotopic (exact) mass is 541 g/mol. The lowest BCUT2D eigenvalue weighted by molar-refractivity contribution is -0.139. The normalized spacial score (nSPS) is 21.1. The van der Waals surface area contributed by atoms with Crippen molar-refractivity contribution in [1.29, 1.82) is 0 Å². The van der Waals surface area contributed by atoms with Crippen molar-refractivity contribution in [2.75, 3.05) is 24.5 Å². The van der Waals surface area contributed by atoms with Crippen molar-refractivity contribution in [3.05, 3.63) is 71.7 Å². The van der Waals surface area contributed by atoms with Crippen LogP contribution in [0.5, 0.6) is 0 Å². The summed E-state index contributed by atoms with van der Waals surface area (Å²) in [6.07, 6.45) is 1.57. The van der Waals surface area contributed by atoms with E-state index in [1.54, 1.807) is 6.20 Å². The van der Waals surface area contributed by atoms with Gasteiger partial charge < -0.3 is 15.1 Å². The number of pyridine rings is 1. The van der Waals surface area contributed by atoms with Crippen LogP contribution in [0.25, 0.3) is 0 Å². The number of alkyl halides is 3. The largest absolute Gasteiger partial charge is 0.342 e. The fourth-order valence-electron chi connectivity index (χ4n) is 4.85. The number of halogens is 3. The van der Waals surface area contributed by atoms with Gasteiger partial charge in [0.15, 0.2) is 5.82 Å². The Morgan fingerprint density at radius 3 is 2.46 bits per heavy atom. The number of carbonyl (C=O) groups excluding carboxylic acids is 2. The third-order valence-corrected chi connectivity index (χ3v) is 7.03. The van der Waals surface area contributed by atoms with Crippen LogP contribution in [0.2, 0.25) is 0 Å². The molecule has 0 aliphatic carbocycles. The van der Waals surface area contributed by atoms with Gasteiger partial charge >= 0.3 is 0 Å². The Morgan fingerprint density at radius 2 is 1.82 bits per heavy atom. The molecular weight excluding hydrogens is 511 g/mol. The maximum atomic E-state index is 14.5. The summed E-state index contributed by atoms with van der Waals surface area (Å²) >= 11 is 0. The first-order chi connectivity index (χ1) is 18.6. The molecule has 5 rings (SSSR count). The summed E-state index contributed by atoms with van der Waals surface area (Å²) in [5.74, 6) is -3.28. The summed E-state index contributed by atoms with van der Waals surface area (Å²) in [5.41, 5.74) is 2.48. The predicted octanol–water partition coefficient (Wildman–Crippen LogP) is 3.10. The SMILES string of the molecule is CC(C)c1ccc([C@@H](NC(=O)[C@@H]2C[C@@H](F)CN2C(=O)Cn2ncc(N3CC(F)(F)C3)n2)c2ccccc2)nc1. The highest BCUT2D eigenvalue weighted by atomic mass is 19.3. The lowest BCUT2D eigenvalue weighted by Gasteiger charge is -2.38. The maximum absolute atomic E-state index is 14.5. The highest BCUT2D eigenvalue weighted by molar-refractivity contribution is 5.88. The van der Waals surface area contributed by atoms with Crippen LogP contribution in [0.4, 0.5) is 19.0 Å². The predicted molar refractivity (Wildman–Crippen MR) is 137 cm³/mol. The summed E-state index contributed by atoms with van der Waals surface area (Å²) in [7, 11) is 0. The van der Waals surface area contributed by atoms with Crippen molar-refractivity contribution in [2.45, 2.75) is 56.9 Å². The number of aromatic nitrogens is 4. The number of likely N-dealkylation sites (tertiary alicyclic amines) is 1. The Hall–Kier alpha value is -3.96. The molecule has 1 N–H and O–H groups in total. The van der Waals surface area contributed by atoms with Crippen molar-refractivity contribution in [3.63, 3.8) is 0 Å². The van der Waals surface area contributed by atoms with Crippen LogP contribution in [0, 0.1) is 0 Å². The van der Waals surface area contributed by atoms with Gasteiger partial charge in [0.05, 0.1) is 37.6 Å². The molecule has 206 valence electrons. The summed E-state index contributed by atoms with van der Waals surface area (Å²) < 4.78 is 40.9. The summed E-state index contributed by atoms with van der Waals surface area (Å²) in [4.78, 5) is 34.8. The zero-order valence-corrected chi connectivity index (χ0v) is 21.7. The fourth-order valence-corrected chi connectivity index (χ4v) is 4.85. The van der Waals surface area contributed by atoms with Crippen LogP contribution in [0.15, 0.2) is 54.9 Å². The molecule has 3 aromatic rings. The average Bonchev–Trinajstić information content (AvgIpc) is 3.53. The lowest BCUT2D eigenvalue weighted by atomic mass is 10.00. The molecule has 2 aliphatic heterocycles. The minimum Gasteiger partial charge on any atom is -0.342 e. The van der Waals surface area contributed by atoms with E-state index in [0.717, 1.165) is 15.9 Å². The third-order valence-electron chi connectivity index (χ3n) is 7.03. The number of nitrogens with one attached hydrogen (secondary N) is 1. The Kier molecular flexibility index (Phi) is 7.28. The Bertz CT molecular complexity index is 1310. The van der Waals surface area contributed by atoms with E-state index in [9.17, 15) is 22.8 Å². The molecule has 2 saturated heterocycles. The topological polar surface area (TPSA) is 96.2 Å². The van der Waals surface area contributed by atoms with Gasteiger partial charge in [-0.3, -0.25) is 14.6 Å². The molecule has 0 radical (unpaired) electrons. The molecule has 2 amide bonds. The van der Waals surface area contributed by atoms with E-state index in [2.05, 4.69) is 34.3 Å². The second-order valence-electron chi connectivity index (χ2n) is 10.4. The second kappa shape index (κ2) is 10.7. The van der Waals surface area contributed by atoms with Crippen LogP contribution in [-0.2, 0) is 16.1 Å². The molecule has 0 bridgehead atoms. The van der Waals surface area contributed by atoms with Crippen molar-refractivity contribution >= 4 is 17.6 Å². The van der Waals surface area contributed by atoms with Crippen LogP contribution >= 0.6 is 0 Å². The molecular formula is C27H30F3N7O2. The highest BCUT2D eigenvalue weighted by Crippen LogP contribution is 2.30. The van der Waals surface area contributed by atoms with Crippen molar-refractivity contribution in [3.8, 4) is 0 Å². The second-order valence-corrected chi connectivity index (χ2v) is 10.4. The standard InChI is InChI=1S/C27H30F3N7O2/c1-17(2)19-8-9-21(31-11-19)25(18-6-4-3-5-7-18)33-26(39)22-10-20(28)13-36(22)24(38)14-37-32-12-23(34-37)35-15-27(29,30)16-35/h3-9,11-12,17,20,22,25H,10,13-16H2,1-2H3,(H,33,39)/t20-,22+,25+/m1/s1. The molecule has 1 aromatic carbocycles. The van der Waals surface area contributed by atoms with Gasteiger partial charge in [0, 0.05) is 12.6 Å². The van der Waals surface area contributed by atoms with Crippen molar-refractivity contribution in [2.24, 2.45) is 0 Å². The molecule has 2 fully saturated rings. The van der Waals surface area contributed by atoms with E-state index in [0.29, 0.717) is 11.6 Å². The number of nitrogens with zero attached hydrogens (tertiary/aromatic N) is 6. The van der Waals surface area contributed by atoms with E-state index in [1.165, 1.54) is 16.0 Å². The van der Waals surface area contributed by atoms with E-state index in [-0.39, 0.29) is 25.3 Å². The Morgan fingerprint density at radius 1 is 1.08 bits per heavy atom. The average molecular weight is 542 g/mol. The Labute approximate surface area is 224 Å². The molecule has 12 heteroatoms. The van der Waals surface area contributed by atoms with E-state index in [1.807, 2.05) is 42.5 Å². The lowest BCUT2D eigenvalue weighted by Crippen LogP contribution is -2.56. The van der Waals surface area contributed by atoms with Gasteiger partial charge in [0.2, 0.25) is 11.8 Å². The van der Waals surface area contributed by atoms with Crippen LogP contribution in [0.1, 0.15) is 49.0 Å². The number of rotatable bonds is 8. The van der Waals surface area contributed by atoms with Gasteiger partial charge in [-0.2, -0.15) is 9.90 Å². The van der Waals surface area contributed by atoms with Gasteiger partial charge in [-0.25, -0.2) is 13.2 Å². The molecule has 0 saturated carbocycles. The summed E-state index contributed by atoms with van der Waals surface area (Å²) in [5, 5.41) is 11.1. The van der Waals surface area contributed by atoms with E-state index in [4.69, 9.17) is 0 Å². The van der Waals surface area contributed by atoms with E-state index < -0.39 is 49.1 Å². The fraction of sp³-hybridized carbons (Fsp3) is 0.444. The van der Waals surface area contributed by atoms with Crippen molar-refractivity contribution in [1.82, 2.24) is 30.2 Å². The smallest absolute Gasteiger partial charge is 0.282 e. The molecule has 3 atom stereocenters. The zero-order chi connectivity index (χ0) is 27.7.